The molecule has 8 heteroatoms. The lowest BCUT2D eigenvalue weighted by Gasteiger charge is -2.37. The fourth-order valence-electron chi connectivity index (χ4n) is 5.40. The van der Waals surface area contributed by atoms with E-state index in [1.807, 2.05) is 32.0 Å². The molecule has 0 fully saturated rings. The van der Waals surface area contributed by atoms with Gasteiger partial charge in [-0.15, -0.1) is 0 Å². The van der Waals surface area contributed by atoms with Crippen LogP contribution in [0.3, 0.4) is 0 Å². The van der Waals surface area contributed by atoms with E-state index in [1.54, 1.807) is 12.1 Å². The Bertz CT molecular complexity index is 1330. The molecule has 2 aromatic rings. The Kier molecular flexibility index (Phi) is 7.15. The zero-order chi connectivity index (χ0) is 26.3. The second-order valence-electron chi connectivity index (χ2n) is 9.86. The van der Waals surface area contributed by atoms with Gasteiger partial charge in [0.25, 0.3) is 5.91 Å². The highest BCUT2D eigenvalue weighted by Crippen LogP contribution is 2.47. The van der Waals surface area contributed by atoms with Gasteiger partial charge >= 0.3 is 0 Å². The number of carbonyl (C=O) groups excluding carboxylic acids is 3. The minimum Gasteiger partial charge on any atom is -0.481 e. The first-order chi connectivity index (χ1) is 17.7. The highest BCUT2D eigenvalue weighted by atomic mass is 35.5. The van der Waals surface area contributed by atoms with E-state index in [9.17, 15) is 14.4 Å². The van der Waals surface area contributed by atoms with Crippen LogP contribution in [0.5, 0.6) is 5.75 Å². The monoisotopic (exact) mass is 538 g/mol. The first-order valence-electron chi connectivity index (χ1n) is 12.5. The molecule has 0 atom stereocenters. The van der Waals surface area contributed by atoms with E-state index >= 15 is 0 Å². The zero-order valence-corrected chi connectivity index (χ0v) is 22.3. The Morgan fingerprint density at radius 1 is 0.946 bits per heavy atom. The van der Waals surface area contributed by atoms with E-state index in [2.05, 4.69) is 10.6 Å². The third kappa shape index (κ3) is 5.05. The van der Waals surface area contributed by atoms with E-state index in [1.165, 1.54) is 0 Å². The number of benzene rings is 2. The molecule has 2 N–H and O–H groups in total. The number of nitrogens with one attached hydrogen (secondary N) is 2. The molecule has 1 amide bonds. The van der Waals surface area contributed by atoms with Gasteiger partial charge in [-0.25, -0.2) is 0 Å². The molecule has 0 radical (unpaired) electrons. The van der Waals surface area contributed by atoms with Gasteiger partial charge in [0.1, 0.15) is 0 Å². The molecule has 6 nitrogen and oxygen atoms in total. The topological polar surface area (TPSA) is 84.5 Å². The van der Waals surface area contributed by atoms with Crippen LogP contribution in [0.15, 0.2) is 52.9 Å². The highest BCUT2D eigenvalue weighted by molar-refractivity contribution is 6.37. The van der Waals surface area contributed by atoms with Crippen LogP contribution in [-0.2, 0) is 14.4 Å². The van der Waals surface area contributed by atoms with Gasteiger partial charge in [0.05, 0.1) is 10.0 Å². The summed E-state index contributed by atoms with van der Waals surface area (Å²) in [5.74, 6) is -0.582. The summed E-state index contributed by atoms with van der Waals surface area (Å²) < 4.78 is 5.72. The average Bonchev–Trinajstić information content (AvgIpc) is 2.85. The summed E-state index contributed by atoms with van der Waals surface area (Å²) in [6, 6.07) is 9.20. The summed E-state index contributed by atoms with van der Waals surface area (Å²) >= 11 is 13.2. The Morgan fingerprint density at radius 3 is 2.14 bits per heavy atom. The maximum absolute atomic E-state index is 13.0. The van der Waals surface area contributed by atoms with Crippen molar-refractivity contribution >= 4 is 46.4 Å². The standard InChI is InChI=1S/C29H28Cl2N2O4/c1-15-9-10-16(2)22(11-15)33-25(36)14-37-29-18(30)12-17(13-19(29)31)26-27-20(5-3-7-23(27)34)32-21-6-4-8-24(35)28(21)26/h9-13,26,32H,3-8,14H2,1-2H3,(H,33,36). The maximum atomic E-state index is 13.0. The number of hydrogen-bond acceptors (Lipinski definition) is 5. The molecule has 37 heavy (non-hydrogen) atoms. The predicted octanol–water partition coefficient (Wildman–Crippen LogP) is 6.33. The molecule has 0 bridgehead atoms. The van der Waals surface area contributed by atoms with Crippen molar-refractivity contribution in [1.82, 2.24) is 5.32 Å². The van der Waals surface area contributed by atoms with Crippen molar-refractivity contribution in [2.45, 2.75) is 58.3 Å². The van der Waals surface area contributed by atoms with Gasteiger partial charge in [0, 0.05) is 47.0 Å². The van der Waals surface area contributed by atoms with Crippen molar-refractivity contribution in [3.05, 3.63) is 79.6 Å². The van der Waals surface area contributed by atoms with Gasteiger partial charge in [0.2, 0.25) is 0 Å². The summed E-state index contributed by atoms with van der Waals surface area (Å²) in [6.45, 7) is 3.59. The molecule has 0 saturated heterocycles. The van der Waals surface area contributed by atoms with Crippen molar-refractivity contribution in [3.8, 4) is 5.75 Å². The number of carbonyl (C=O) groups is 3. The van der Waals surface area contributed by atoms with E-state index in [4.69, 9.17) is 27.9 Å². The maximum Gasteiger partial charge on any atom is 0.262 e. The number of ketones is 2. The van der Waals surface area contributed by atoms with Gasteiger partial charge < -0.3 is 15.4 Å². The van der Waals surface area contributed by atoms with E-state index < -0.39 is 5.92 Å². The normalized spacial score (nSPS) is 17.8. The SMILES string of the molecule is Cc1ccc(C)c(NC(=O)COc2c(Cl)cc(C3C4=C(CCCC4=O)NC4=C3C(=O)CCC4)cc2Cl)c1. The van der Waals surface area contributed by atoms with Gasteiger partial charge in [-0.1, -0.05) is 35.3 Å². The quantitative estimate of drug-likeness (QED) is 0.464. The minimum atomic E-state index is -0.511. The lowest BCUT2D eigenvalue weighted by molar-refractivity contribution is -0.118. The number of Topliss-reactive ketones (excluding diaryl/α,β-unsaturated/α-hetero) is 2. The van der Waals surface area contributed by atoms with Crippen LogP contribution in [0, 0.1) is 13.8 Å². The largest absolute Gasteiger partial charge is 0.481 e. The molecule has 1 heterocycles. The van der Waals surface area contributed by atoms with Crippen LogP contribution in [0.4, 0.5) is 5.69 Å². The van der Waals surface area contributed by atoms with Gasteiger partial charge in [-0.2, -0.15) is 0 Å². The lowest BCUT2D eigenvalue weighted by Crippen LogP contribution is -2.36. The molecule has 1 aliphatic heterocycles. The van der Waals surface area contributed by atoms with Gasteiger partial charge in [-0.3, -0.25) is 14.4 Å². The third-order valence-electron chi connectivity index (χ3n) is 7.16. The molecule has 0 spiro atoms. The number of ether oxygens (including phenoxy) is 1. The second kappa shape index (κ2) is 10.3. The summed E-state index contributed by atoms with van der Waals surface area (Å²) in [7, 11) is 0. The van der Waals surface area contributed by atoms with Crippen LogP contribution in [0.1, 0.15) is 61.1 Å². The third-order valence-corrected chi connectivity index (χ3v) is 7.72. The number of anilines is 1. The van der Waals surface area contributed by atoms with Crippen molar-refractivity contribution in [1.29, 1.82) is 0 Å². The Hall–Kier alpha value is -3.09. The summed E-state index contributed by atoms with van der Waals surface area (Å²) in [5, 5.41) is 6.69. The van der Waals surface area contributed by atoms with Crippen molar-refractivity contribution in [2.24, 2.45) is 0 Å². The average molecular weight is 539 g/mol. The molecule has 5 rings (SSSR count). The Morgan fingerprint density at radius 2 is 1.54 bits per heavy atom. The predicted molar refractivity (Wildman–Crippen MR) is 144 cm³/mol. The molecule has 192 valence electrons. The van der Waals surface area contributed by atoms with Crippen molar-refractivity contribution in [2.75, 3.05) is 11.9 Å². The number of allylic oxidation sites excluding steroid dienone is 4. The molecule has 3 aliphatic rings. The molecule has 0 saturated carbocycles. The number of rotatable bonds is 5. The Balaban J connectivity index is 1.42. The number of halogens is 2. The van der Waals surface area contributed by atoms with Crippen LogP contribution in [0.2, 0.25) is 10.0 Å². The van der Waals surface area contributed by atoms with E-state index in [-0.39, 0.29) is 39.9 Å². The molecule has 0 aromatic heterocycles. The smallest absolute Gasteiger partial charge is 0.262 e. The fraction of sp³-hybridized carbons (Fsp3) is 0.345. The number of aryl methyl sites for hydroxylation is 2. The summed E-state index contributed by atoms with van der Waals surface area (Å²) in [5.41, 5.74) is 6.42. The van der Waals surface area contributed by atoms with Crippen LogP contribution in [0.25, 0.3) is 0 Å². The van der Waals surface area contributed by atoms with Gasteiger partial charge in [0.15, 0.2) is 23.9 Å². The zero-order valence-electron chi connectivity index (χ0n) is 20.8. The minimum absolute atomic E-state index is 0.0411. The second-order valence-corrected chi connectivity index (χ2v) is 10.7. The van der Waals surface area contributed by atoms with Crippen molar-refractivity contribution in [3.63, 3.8) is 0 Å². The first-order valence-corrected chi connectivity index (χ1v) is 13.3. The molecule has 2 aromatic carbocycles. The lowest BCUT2D eigenvalue weighted by atomic mass is 9.71. The van der Waals surface area contributed by atoms with Crippen molar-refractivity contribution < 1.29 is 19.1 Å². The summed E-state index contributed by atoms with van der Waals surface area (Å²) in [6.07, 6.45) is 4.00. The van der Waals surface area contributed by atoms with Crippen LogP contribution >= 0.6 is 23.2 Å². The van der Waals surface area contributed by atoms with Crippen LogP contribution in [-0.4, -0.2) is 24.1 Å². The Labute approximate surface area is 226 Å². The highest BCUT2D eigenvalue weighted by Gasteiger charge is 2.40. The van der Waals surface area contributed by atoms with E-state index in [0.29, 0.717) is 29.6 Å². The number of hydrogen-bond donors (Lipinski definition) is 2. The molecule has 2 aliphatic carbocycles. The number of amides is 1. The molecule has 0 unspecified atom stereocenters. The molecular weight excluding hydrogens is 511 g/mol. The number of dihydropyridines is 1. The first kappa shape index (κ1) is 25.6. The van der Waals surface area contributed by atoms with Gasteiger partial charge in [-0.05, 0) is 74.4 Å². The molecular formula is C29H28Cl2N2O4. The van der Waals surface area contributed by atoms with Crippen LogP contribution < -0.4 is 15.4 Å². The fourth-order valence-corrected chi connectivity index (χ4v) is 6.01. The van der Waals surface area contributed by atoms with E-state index in [0.717, 1.165) is 53.9 Å². The summed E-state index contributed by atoms with van der Waals surface area (Å²) in [4.78, 5) is 38.6.